The Kier molecular flexibility index (Phi) is 3.62. The number of hydrogen-bond donors (Lipinski definition) is 2. The minimum absolute atomic E-state index is 0.560. The molecule has 5 heteroatoms. The monoisotopic (exact) mass is 233 g/mol. The van der Waals surface area contributed by atoms with Gasteiger partial charge in [0.05, 0.1) is 18.6 Å². The second-order valence-electron chi connectivity index (χ2n) is 3.80. The van der Waals surface area contributed by atoms with Gasteiger partial charge in [0.1, 0.15) is 12.4 Å². The second-order valence-corrected chi connectivity index (χ2v) is 3.80. The lowest BCUT2D eigenvalue weighted by Crippen LogP contribution is -2.06. The van der Waals surface area contributed by atoms with E-state index in [0.717, 1.165) is 17.9 Å². The van der Waals surface area contributed by atoms with Gasteiger partial charge in [-0.2, -0.15) is 0 Å². The van der Waals surface area contributed by atoms with Crippen LogP contribution in [0.5, 0.6) is 5.75 Å². The number of imidazole rings is 1. The van der Waals surface area contributed by atoms with Crippen LogP contribution in [0.15, 0.2) is 36.9 Å². The van der Waals surface area contributed by atoms with E-state index in [1.54, 1.807) is 18.6 Å². The minimum atomic E-state index is 0.560. The average molecular weight is 233 g/mol. The van der Waals surface area contributed by atoms with Crippen LogP contribution in [-0.2, 0) is 6.54 Å². The molecule has 1 heterocycles. The largest absolute Gasteiger partial charge is 0.492 e. The summed E-state index contributed by atoms with van der Waals surface area (Å²) in [5.74, 6) is 0.738. The molecular formula is C12H15N3O2. The fourth-order valence-corrected chi connectivity index (χ4v) is 1.58. The van der Waals surface area contributed by atoms with Crippen molar-refractivity contribution < 1.29 is 9.94 Å². The fraction of sp³-hybridized carbons (Fsp3) is 0.250. The van der Waals surface area contributed by atoms with E-state index in [1.165, 1.54) is 0 Å². The van der Waals surface area contributed by atoms with Gasteiger partial charge in [-0.15, -0.1) is 0 Å². The van der Waals surface area contributed by atoms with Gasteiger partial charge in [-0.25, -0.2) is 4.98 Å². The summed E-state index contributed by atoms with van der Waals surface area (Å²) in [6.45, 7) is 3.25. The smallest absolute Gasteiger partial charge is 0.121 e. The first kappa shape index (κ1) is 11.5. The molecule has 17 heavy (non-hydrogen) atoms. The molecule has 0 fully saturated rings. The first-order valence-corrected chi connectivity index (χ1v) is 5.38. The van der Waals surface area contributed by atoms with E-state index in [9.17, 15) is 0 Å². The van der Waals surface area contributed by atoms with Gasteiger partial charge in [-0.05, 0) is 24.6 Å². The Balaban J connectivity index is 1.92. The van der Waals surface area contributed by atoms with Crippen LogP contribution in [0.25, 0.3) is 0 Å². The number of rotatable bonds is 5. The molecule has 0 amide bonds. The maximum absolute atomic E-state index is 8.84. The van der Waals surface area contributed by atoms with Gasteiger partial charge in [0, 0.05) is 18.5 Å². The zero-order valence-corrected chi connectivity index (χ0v) is 9.63. The normalized spacial score (nSPS) is 10.2. The van der Waals surface area contributed by atoms with Gasteiger partial charge in [-0.3, -0.25) is 10.7 Å². The number of aryl methyl sites for hydroxylation is 1. The molecule has 0 aliphatic carbocycles. The van der Waals surface area contributed by atoms with Crippen LogP contribution in [0, 0.1) is 6.92 Å². The number of nitrogens with one attached hydrogen (secondary N) is 1. The summed E-state index contributed by atoms with van der Waals surface area (Å²) in [6, 6.07) is 5.51. The molecule has 0 saturated carbocycles. The van der Waals surface area contributed by atoms with Crippen LogP contribution in [0.3, 0.4) is 0 Å². The molecule has 5 nitrogen and oxygen atoms in total. The van der Waals surface area contributed by atoms with Crippen molar-refractivity contribution in [1.82, 2.24) is 9.55 Å². The molecule has 2 rings (SSSR count). The Hall–Kier alpha value is -2.01. The minimum Gasteiger partial charge on any atom is -0.492 e. The van der Waals surface area contributed by atoms with E-state index < -0.39 is 0 Å². The number of hydrogen-bond acceptors (Lipinski definition) is 4. The Morgan fingerprint density at radius 2 is 2.29 bits per heavy atom. The Bertz CT molecular complexity index is 469. The van der Waals surface area contributed by atoms with Crippen molar-refractivity contribution in [3.63, 3.8) is 0 Å². The molecule has 0 bridgehead atoms. The second kappa shape index (κ2) is 5.36. The molecule has 2 N–H and O–H groups in total. The van der Waals surface area contributed by atoms with E-state index in [4.69, 9.17) is 9.94 Å². The molecular weight excluding hydrogens is 218 g/mol. The third-order valence-electron chi connectivity index (χ3n) is 2.36. The maximum Gasteiger partial charge on any atom is 0.121 e. The summed E-state index contributed by atoms with van der Waals surface area (Å²) in [6.07, 6.45) is 5.38. The SMILES string of the molecule is Cc1cc(NO)cc(OCCn2ccnc2)c1. The first-order valence-electron chi connectivity index (χ1n) is 5.38. The number of nitrogens with zero attached hydrogens (tertiary/aromatic N) is 2. The summed E-state index contributed by atoms with van der Waals surface area (Å²) >= 11 is 0. The lowest BCUT2D eigenvalue weighted by Gasteiger charge is -2.09. The predicted molar refractivity (Wildman–Crippen MR) is 64.3 cm³/mol. The molecule has 1 aromatic heterocycles. The van der Waals surface area contributed by atoms with Crippen LogP contribution in [0.4, 0.5) is 5.69 Å². The Morgan fingerprint density at radius 1 is 1.41 bits per heavy atom. The number of ether oxygens (including phenoxy) is 1. The third-order valence-corrected chi connectivity index (χ3v) is 2.36. The highest BCUT2D eigenvalue weighted by Gasteiger charge is 1.99. The molecule has 0 aliphatic heterocycles. The standard InChI is InChI=1S/C12H15N3O2/c1-10-6-11(14-16)8-12(7-10)17-5-4-15-3-2-13-9-15/h2-3,6-9,14,16H,4-5H2,1H3. The van der Waals surface area contributed by atoms with Crippen molar-refractivity contribution in [2.75, 3.05) is 12.1 Å². The van der Waals surface area contributed by atoms with Crippen LogP contribution in [0.1, 0.15) is 5.56 Å². The van der Waals surface area contributed by atoms with Gasteiger partial charge in [0.25, 0.3) is 0 Å². The quantitative estimate of drug-likeness (QED) is 0.776. The van der Waals surface area contributed by atoms with Gasteiger partial charge in [0.2, 0.25) is 0 Å². The van der Waals surface area contributed by atoms with Crippen molar-refractivity contribution in [1.29, 1.82) is 0 Å². The highest BCUT2D eigenvalue weighted by atomic mass is 16.5. The third kappa shape index (κ3) is 3.22. The number of aromatic nitrogens is 2. The molecule has 2 aromatic rings. The van der Waals surface area contributed by atoms with Crippen LogP contribution in [-0.4, -0.2) is 21.4 Å². The van der Waals surface area contributed by atoms with E-state index in [2.05, 4.69) is 10.5 Å². The van der Waals surface area contributed by atoms with Crippen molar-refractivity contribution >= 4 is 5.69 Å². The highest BCUT2D eigenvalue weighted by molar-refractivity contribution is 5.49. The van der Waals surface area contributed by atoms with Crippen molar-refractivity contribution in [3.8, 4) is 5.75 Å². The van der Waals surface area contributed by atoms with Gasteiger partial charge in [-0.1, -0.05) is 0 Å². The van der Waals surface area contributed by atoms with Crippen molar-refractivity contribution in [2.45, 2.75) is 13.5 Å². The summed E-state index contributed by atoms with van der Waals surface area (Å²) in [4.78, 5) is 3.95. The summed E-state index contributed by atoms with van der Waals surface area (Å²) in [5, 5.41) is 8.84. The Morgan fingerprint density at radius 3 is 3.00 bits per heavy atom. The Labute approximate surface area is 99.6 Å². The lowest BCUT2D eigenvalue weighted by atomic mass is 10.2. The fourth-order valence-electron chi connectivity index (χ4n) is 1.58. The molecule has 90 valence electrons. The summed E-state index contributed by atoms with van der Waals surface area (Å²) in [5.41, 5.74) is 3.77. The topological polar surface area (TPSA) is 59.3 Å². The number of anilines is 1. The van der Waals surface area contributed by atoms with E-state index in [-0.39, 0.29) is 0 Å². The van der Waals surface area contributed by atoms with Crippen molar-refractivity contribution in [2.24, 2.45) is 0 Å². The van der Waals surface area contributed by atoms with Crippen LogP contribution >= 0.6 is 0 Å². The highest BCUT2D eigenvalue weighted by Crippen LogP contribution is 2.20. The number of benzene rings is 1. The molecule has 0 aliphatic rings. The lowest BCUT2D eigenvalue weighted by molar-refractivity contribution is 0.298. The van der Waals surface area contributed by atoms with Gasteiger partial charge >= 0.3 is 0 Å². The zero-order valence-electron chi connectivity index (χ0n) is 9.63. The first-order chi connectivity index (χ1) is 8.28. The molecule has 0 spiro atoms. The van der Waals surface area contributed by atoms with Crippen LogP contribution in [0.2, 0.25) is 0 Å². The molecule has 0 radical (unpaired) electrons. The zero-order chi connectivity index (χ0) is 12.1. The van der Waals surface area contributed by atoms with E-state index in [1.807, 2.05) is 29.8 Å². The average Bonchev–Trinajstić information content (AvgIpc) is 2.81. The van der Waals surface area contributed by atoms with E-state index >= 15 is 0 Å². The predicted octanol–water partition coefficient (Wildman–Crippen LogP) is 2.07. The van der Waals surface area contributed by atoms with Gasteiger partial charge in [0.15, 0.2) is 0 Å². The van der Waals surface area contributed by atoms with Crippen LogP contribution < -0.4 is 10.2 Å². The summed E-state index contributed by atoms with van der Waals surface area (Å²) in [7, 11) is 0. The van der Waals surface area contributed by atoms with Crippen molar-refractivity contribution in [3.05, 3.63) is 42.5 Å². The molecule has 1 aromatic carbocycles. The molecule has 0 saturated heterocycles. The molecule has 0 atom stereocenters. The maximum atomic E-state index is 8.84. The summed E-state index contributed by atoms with van der Waals surface area (Å²) < 4.78 is 7.55. The van der Waals surface area contributed by atoms with Gasteiger partial charge < -0.3 is 9.30 Å². The van der Waals surface area contributed by atoms with E-state index in [0.29, 0.717) is 12.3 Å². The molecule has 0 unspecified atom stereocenters.